The van der Waals surface area contributed by atoms with Crippen LogP contribution in [0.3, 0.4) is 0 Å². The molecule has 0 spiro atoms. The Morgan fingerprint density at radius 3 is 2.79 bits per heavy atom. The number of anilines is 1. The zero-order valence-corrected chi connectivity index (χ0v) is 19.4. The Labute approximate surface area is 201 Å². The van der Waals surface area contributed by atoms with E-state index in [-0.39, 0.29) is 11.1 Å². The van der Waals surface area contributed by atoms with Gasteiger partial charge in [0.15, 0.2) is 0 Å². The van der Waals surface area contributed by atoms with Gasteiger partial charge in [0.1, 0.15) is 0 Å². The first-order valence-electron chi connectivity index (χ1n) is 11.4. The minimum atomic E-state index is -0.385. The van der Waals surface area contributed by atoms with Crippen LogP contribution in [-0.2, 0) is 11.2 Å². The quantitative estimate of drug-likeness (QED) is 0.456. The third kappa shape index (κ3) is 5.36. The molecule has 0 unspecified atom stereocenters. The lowest BCUT2D eigenvalue weighted by Gasteiger charge is -2.29. The van der Waals surface area contributed by atoms with Crippen molar-refractivity contribution in [2.75, 3.05) is 5.32 Å². The fourth-order valence-electron chi connectivity index (χ4n) is 4.54. The molecule has 2 amide bonds. The number of carbonyl (C=O) groups excluding carboxylic acids is 2. The van der Waals surface area contributed by atoms with E-state index < -0.39 is 0 Å². The van der Waals surface area contributed by atoms with E-state index >= 15 is 0 Å². The predicted molar refractivity (Wildman–Crippen MR) is 131 cm³/mol. The van der Waals surface area contributed by atoms with Crippen molar-refractivity contribution in [3.63, 3.8) is 0 Å². The van der Waals surface area contributed by atoms with Gasteiger partial charge in [0.2, 0.25) is 5.95 Å². The van der Waals surface area contributed by atoms with Crippen LogP contribution in [0.1, 0.15) is 43.4 Å². The normalized spacial score (nSPS) is 21.6. The van der Waals surface area contributed by atoms with Gasteiger partial charge in [-0.15, -0.1) is 0 Å². The average Bonchev–Trinajstić information content (AvgIpc) is 3.49. The van der Waals surface area contributed by atoms with Gasteiger partial charge in [-0.05, 0) is 91.6 Å². The molecule has 0 bridgehead atoms. The number of amides is 2. The summed E-state index contributed by atoms with van der Waals surface area (Å²) in [6.45, 7) is 0. The molecule has 3 aromatic heterocycles. The van der Waals surface area contributed by atoms with Crippen molar-refractivity contribution in [2.45, 2.75) is 44.6 Å². The van der Waals surface area contributed by atoms with Crippen molar-refractivity contribution in [2.24, 2.45) is 5.92 Å². The average molecular weight is 476 g/mol. The van der Waals surface area contributed by atoms with Gasteiger partial charge >= 0.3 is 0 Å². The molecule has 9 heteroatoms. The number of aryl methyl sites for hydroxylation is 1. The number of pyridine rings is 1. The Balaban J connectivity index is 1.13. The van der Waals surface area contributed by atoms with E-state index in [1.807, 2.05) is 18.5 Å². The molecule has 0 radical (unpaired) electrons. The molecule has 174 valence electrons. The third-order valence-corrected chi connectivity index (χ3v) is 7.15. The van der Waals surface area contributed by atoms with Crippen LogP contribution in [0.4, 0.5) is 10.7 Å². The van der Waals surface area contributed by atoms with Gasteiger partial charge in [0, 0.05) is 30.2 Å². The molecular weight excluding hydrogens is 450 g/mol. The standard InChI is InChI=1S/C25H25N5O3S/c31-23-22(34-25(32)30-23)13-20-7-11-27-24(29-20)28-19-5-2-16(3-6-19)1-4-17-14-26-10-8-21(17)18-9-12-33-15-18/h7-16,19H,1-6H2,(H,27,28,29)(H,30,31,32)/b22-13-. The lowest BCUT2D eigenvalue weighted by atomic mass is 9.82. The number of hydrogen-bond acceptors (Lipinski definition) is 8. The molecule has 34 heavy (non-hydrogen) atoms. The molecule has 8 nitrogen and oxygen atoms in total. The Hall–Kier alpha value is -3.46. The predicted octanol–water partition coefficient (Wildman–Crippen LogP) is 5.06. The third-order valence-electron chi connectivity index (χ3n) is 6.34. The number of thioether (sulfide) groups is 1. The maximum absolute atomic E-state index is 11.8. The maximum Gasteiger partial charge on any atom is 0.290 e. The summed E-state index contributed by atoms with van der Waals surface area (Å²) in [5.74, 6) is 0.847. The minimum absolute atomic E-state index is 0.324. The fourth-order valence-corrected chi connectivity index (χ4v) is 5.21. The highest BCUT2D eigenvalue weighted by molar-refractivity contribution is 8.18. The molecule has 3 aromatic rings. The lowest BCUT2D eigenvalue weighted by molar-refractivity contribution is -0.115. The Bertz CT molecular complexity index is 1200. The highest BCUT2D eigenvalue weighted by atomic mass is 32.2. The van der Waals surface area contributed by atoms with Gasteiger partial charge in [-0.3, -0.25) is 19.9 Å². The molecule has 0 atom stereocenters. The molecule has 2 N–H and O–H groups in total. The summed E-state index contributed by atoms with van der Waals surface area (Å²) < 4.78 is 5.26. The summed E-state index contributed by atoms with van der Waals surface area (Å²) in [5.41, 5.74) is 4.16. The van der Waals surface area contributed by atoms with Crippen LogP contribution >= 0.6 is 11.8 Å². The second-order valence-electron chi connectivity index (χ2n) is 8.60. The van der Waals surface area contributed by atoms with Crippen molar-refractivity contribution in [1.82, 2.24) is 20.3 Å². The van der Waals surface area contributed by atoms with E-state index in [1.165, 1.54) is 11.1 Å². The highest BCUT2D eigenvalue weighted by Gasteiger charge is 2.25. The molecular formula is C25H25N5O3S. The molecule has 0 aromatic carbocycles. The first-order chi connectivity index (χ1) is 16.6. The summed E-state index contributed by atoms with van der Waals surface area (Å²) in [4.78, 5) is 36.6. The van der Waals surface area contributed by atoms with Gasteiger partial charge < -0.3 is 9.73 Å². The SMILES string of the molecule is O=C1NC(=O)/C(=C/c2ccnc(NC3CCC(CCc4cnccc4-c4ccoc4)CC3)n2)S1. The van der Waals surface area contributed by atoms with Gasteiger partial charge in [-0.25, -0.2) is 9.97 Å². The zero-order valence-electron chi connectivity index (χ0n) is 18.6. The van der Waals surface area contributed by atoms with Crippen molar-refractivity contribution in [3.8, 4) is 11.1 Å². The number of rotatable bonds is 7. The van der Waals surface area contributed by atoms with E-state index in [9.17, 15) is 9.59 Å². The fraction of sp³-hybridized carbons (Fsp3) is 0.320. The van der Waals surface area contributed by atoms with Crippen LogP contribution in [0.2, 0.25) is 0 Å². The number of nitrogens with one attached hydrogen (secondary N) is 2. The van der Waals surface area contributed by atoms with Gasteiger partial charge in [-0.1, -0.05) is 0 Å². The Morgan fingerprint density at radius 2 is 2.03 bits per heavy atom. The topological polar surface area (TPSA) is 110 Å². The molecule has 1 saturated carbocycles. The van der Waals surface area contributed by atoms with E-state index in [1.54, 1.807) is 30.9 Å². The first-order valence-corrected chi connectivity index (χ1v) is 12.3. The monoisotopic (exact) mass is 475 g/mol. The molecule has 1 saturated heterocycles. The summed E-state index contributed by atoms with van der Waals surface area (Å²) in [6, 6.07) is 6.09. The zero-order chi connectivity index (χ0) is 23.3. The van der Waals surface area contributed by atoms with Gasteiger partial charge in [0.05, 0.1) is 23.1 Å². The smallest absolute Gasteiger partial charge is 0.290 e. The molecule has 4 heterocycles. The number of furan rings is 1. The van der Waals surface area contributed by atoms with Gasteiger partial charge in [0.25, 0.3) is 11.1 Å². The van der Waals surface area contributed by atoms with Crippen LogP contribution < -0.4 is 10.6 Å². The molecule has 2 aliphatic rings. The van der Waals surface area contributed by atoms with Crippen LogP contribution in [0, 0.1) is 5.92 Å². The van der Waals surface area contributed by atoms with Crippen LogP contribution in [-0.4, -0.2) is 32.1 Å². The first kappa shape index (κ1) is 22.3. The van der Waals surface area contributed by atoms with E-state index in [2.05, 4.69) is 31.7 Å². The van der Waals surface area contributed by atoms with Crippen molar-refractivity contribution >= 4 is 34.9 Å². The van der Waals surface area contributed by atoms with Crippen molar-refractivity contribution in [1.29, 1.82) is 0 Å². The van der Waals surface area contributed by atoms with Crippen LogP contribution in [0.15, 0.2) is 58.6 Å². The number of hydrogen-bond donors (Lipinski definition) is 2. The van der Waals surface area contributed by atoms with Crippen LogP contribution in [0.25, 0.3) is 17.2 Å². The van der Waals surface area contributed by atoms with Crippen molar-refractivity contribution in [3.05, 3.63) is 65.5 Å². The number of nitrogens with zero attached hydrogens (tertiary/aromatic N) is 3. The van der Waals surface area contributed by atoms with E-state index in [0.29, 0.717) is 28.5 Å². The number of imide groups is 1. The van der Waals surface area contributed by atoms with Crippen LogP contribution in [0.5, 0.6) is 0 Å². The summed E-state index contributed by atoms with van der Waals surface area (Å²) >= 11 is 0.885. The van der Waals surface area contributed by atoms with Crippen molar-refractivity contribution < 1.29 is 14.0 Å². The number of aromatic nitrogens is 3. The summed E-state index contributed by atoms with van der Waals surface area (Å²) in [7, 11) is 0. The summed E-state index contributed by atoms with van der Waals surface area (Å²) in [5, 5.41) is 5.33. The summed E-state index contributed by atoms with van der Waals surface area (Å²) in [6.07, 6.45) is 17.1. The molecule has 1 aliphatic carbocycles. The molecule has 2 fully saturated rings. The largest absolute Gasteiger partial charge is 0.472 e. The maximum atomic E-state index is 11.8. The number of carbonyl (C=O) groups is 2. The highest BCUT2D eigenvalue weighted by Crippen LogP contribution is 2.31. The second kappa shape index (κ2) is 10.2. The van der Waals surface area contributed by atoms with E-state index in [0.717, 1.165) is 55.9 Å². The minimum Gasteiger partial charge on any atom is -0.472 e. The Morgan fingerprint density at radius 1 is 1.15 bits per heavy atom. The second-order valence-corrected chi connectivity index (χ2v) is 9.62. The lowest BCUT2D eigenvalue weighted by Crippen LogP contribution is -2.27. The molecule has 1 aliphatic heterocycles. The van der Waals surface area contributed by atoms with E-state index in [4.69, 9.17) is 4.42 Å². The van der Waals surface area contributed by atoms with Gasteiger partial charge in [-0.2, -0.15) is 0 Å². The molecule has 5 rings (SSSR count). The Kier molecular flexibility index (Phi) is 6.71.